The summed E-state index contributed by atoms with van der Waals surface area (Å²) in [6.45, 7) is 18.5. The highest BCUT2D eigenvalue weighted by Gasteiger charge is 2.21. The summed E-state index contributed by atoms with van der Waals surface area (Å²) in [6.07, 6.45) is 0. The normalized spacial score (nSPS) is 11.2. The first-order chi connectivity index (χ1) is 6.65. The van der Waals surface area contributed by atoms with Gasteiger partial charge in [0.2, 0.25) is 0 Å². The lowest BCUT2D eigenvalue weighted by Crippen LogP contribution is -2.26. The van der Waals surface area contributed by atoms with Crippen LogP contribution < -0.4 is 0 Å². The van der Waals surface area contributed by atoms with Crippen molar-refractivity contribution in [2.45, 2.75) is 66.7 Å². The number of hydrogen-bond acceptors (Lipinski definition) is 0. The minimum Gasteiger partial charge on any atom is -0.0778 e. The van der Waals surface area contributed by atoms with Crippen LogP contribution in [0.15, 0.2) is 22.3 Å². The molecule has 0 aromatic carbocycles. The second-order valence-electron chi connectivity index (χ2n) is 6.08. The minimum absolute atomic E-state index is 1.07. The monoisotopic (exact) mass is 224 g/mol. The molecule has 0 saturated carbocycles. The van der Waals surface area contributed by atoms with Crippen molar-refractivity contribution in [3.63, 3.8) is 0 Å². The quantitative estimate of drug-likeness (QED) is 0.442. The Hall–Kier alpha value is -0.303. The average Bonchev–Trinajstić information content (AvgIpc) is 2.01. The average molecular weight is 224 g/mol. The van der Waals surface area contributed by atoms with E-state index in [1.165, 1.54) is 23.2 Å². The van der Waals surface area contributed by atoms with Crippen LogP contribution in [0.4, 0.5) is 0 Å². The van der Waals surface area contributed by atoms with Gasteiger partial charge in [-0.15, -0.1) is 0 Å². The first-order valence-electron chi connectivity index (χ1n) is 5.91. The molecule has 0 nitrogen and oxygen atoms in total. The number of rotatable bonds is 4. The third-order valence-corrected chi connectivity index (χ3v) is 6.17. The zero-order valence-corrected chi connectivity index (χ0v) is 12.9. The topological polar surface area (TPSA) is 0 Å². The van der Waals surface area contributed by atoms with Gasteiger partial charge in [-0.05, 0) is 53.6 Å². The summed E-state index contributed by atoms with van der Waals surface area (Å²) in [5.41, 5.74) is 6.22. The molecular formula is C14H28Si. The molecule has 0 rings (SSSR count). The molecule has 0 aromatic heterocycles. The Labute approximate surface area is 97.5 Å². The Balaban J connectivity index is 4.59. The van der Waals surface area contributed by atoms with E-state index in [0.29, 0.717) is 0 Å². The SMILES string of the molecule is CC(C)=C(C)C[Si](C)(C)CC(C)=C(C)C. The van der Waals surface area contributed by atoms with Gasteiger partial charge in [-0.3, -0.25) is 0 Å². The van der Waals surface area contributed by atoms with Crippen molar-refractivity contribution in [3.05, 3.63) is 22.3 Å². The summed E-state index contributed by atoms with van der Waals surface area (Å²) in [4.78, 5) is 0. The summed E-state index contributed by atoms with van der Waals surface area (Å²) < 4.78 is 0. The van der Waals surface area contributed by atoms with Crippen LogP contribution in [0.5, 0.6) is 0 Å². The van der Waals surface area contributed by atoms with E-state index in [9.17, 15) is 0 Å². The molecule has 0 aliphatic carbocycles. The Bertz CT molecular complexity index is 244. The molecule has 0 saturated heterocycles. The summed E-state index contributed by atoms with van der Waals surface area (Å²) in [5, 5.41) is 0. The first-order valence-corrected chi connectivity index (χ1v) is 9.33. The lowest BCUT2D eigenvalue weighted by Gasteiger charge is -2.24. The molecule has 15 heavy (non-hydrogen) atoms. The van der Waals surface area contributed by atoms with Crippen LogP contribution in [-0.2, 0) is 0 Å². The molecule has 0 heterocycles. The Morgan fingerprint density at radius 3 is 1.13 bits per heavy atom. The van der Waals surface area contributed by atoms with Crippen LogP contribution in [0.3, 0.4) is 0 Å². The van der Waals surface area contributed by atoms with Crippen LogP contribution in [0.1, 0.15) is 41.5 Å². The molecule has 0 spiro atoms. The molecule has 88 valence electrons. The van der Waals surface area contributed by atoms with Gasteiger partial charge in [0.1, 0.15) is 0 Å². The maximum Gasteiger partial charge on any atom is 0.0554 e. The van der Waals surface area contributed by atoms with Crippen LogP contribution in [0.25, 0.3) is 0 Å². The van der Waals surface area contributed by atoms with Gasteiger partial charge in [-0.1, -0.05) is 35.4 Å². The smallest absolute Gasteiger partial charge is 0.0554 e. The zero-order chi connectivity index (χ0) is 12.2. The van der Waals surface area contributed by atoms with E-state index >= 15 is 0 Å². The fraction of sp³-hybridized carbons (Fsp3) is 0.714. The second-order valence-corrected chi connectivity index (χ2v) is 11.1. The van der Waals surface area contributed by atoms with E-state index in [1.807, 2.05) is 0 Å². The van der Waals surface area contributed by atoms with Crippen molar-refractivity contribution in [2.75, 3.05) is 0 Å². The molecule has 0 atom stereocenters. The van der Waals surface area contributed by atoms with Gasteiger partial charge in [0, 0.05) is 0 Å². The molecular weight excluding hydrogens is 196 g/mol. The number of allylic oxidation sites excluding steroid dienone is 4. The molecule has 0 unspecified atom stereocenters. The highest BCUT2D eigenvalue weighted by molar-refractivity contribution is 6.78. The summed E-state index contributed by atoms with van der Waals surface area (Å²) in [7, 11) is -1.07. The van der Waals surface area contributed by atoms with E-state index in [0.717, 1.165) is 0 Å². The van der Waals surface area contributed by atoms with Gasteiger partial charge in [0.25, 0.3) is 0 Å². The molecule has 1 heteroatoms. The van der Waals surface area contributed by atoms with Crippen molar-refractivity contribution in [1.29, 1.82) is 0 Å². The summed E-state index contributed by atoms with van der Waals surface area (Å²) >= 11 is 0. The van der Waals surface area contributed by atoms with Gasteiger partial charge in [-0.25, -0.2) is 0 Å². The standard InChI is InChI=1S/C14H28Si/c1-11(2)13(5)9-15(7,8)10-14(6)12(3)4/h9-10H2,1-8H3. The largest absolute Gasteiger partial charge is 0.0778 e. The highest BCUT2D eigenvalue weighted by Crippen LogP contribution is 2.27. The zero-order valence-electron chi connectivity index (χ0n) is 11.9. The van der Waals surface area contributed by atoms with Crippen LogP contribution >= 0.6 is 0 Å². The molecule has 0 aliphatic heterocycles. The Morgan fingerprint density at radius 1 is 0.667 bits per heavy atom. The second kappa shape index (κ2) is 5.69. The van der Waals surface area contributed by atoms with Gasteiger partial charge in [0.05, 0.1) is 8.07 Å². The van der Waals surface area contributed by atoms with Crippen molar-refractivity contribution in [2.24, 2.45) is 0 Å². The van der Waals surface area contributed by atoms with E-state index in [1.54, 1.807) is 11.1 Å². The summed E-state index contributed by atoms with van der Waals surface area (Å²) in [6, 6.07) is 2.69. The predicted molar refractivity (Wildman–Crippen MR) is 75.2 cm³/mol. The molecule has 0 aliphatic rings. The maximum atomic E-state index is 2.51. The van der Waals surface area contributed by atoms with E-state index < -0.39 is 8.07 Å². The molecule has 0 fully saturated rings. The fourth-order valence-electron chi connectivity index (χ4n) is 1.85. The van der Waals surface area contributed by atoms with E-state index in [-0.39, 0.29) is 0 Å². The molecule has 0 N–H and O–H groups in total. The molecule has 0 bridgehead atoms. The minimum atomic E-state index is -1.07. The third kappa shape index (κ3) is 5.98. The molecule has 0 amide bonds. The maximum absolute atomic E-state index is 2.51. The molecule has 0 radical (unpaired) electrons. The van der Waals surface area contributed by atoms with Gasteiger partial charge < -0.3 is 0 Å². The van der Waals surface area contributed by atoms with Gasteiger partial charge in [0.15, 0.2) is 0 Å². The van der Waals surface area contributed by atoms with Crippen molar-refractivity contribution < 1.29 is 0 Å². The first kappa shape index (κ1) is 14.7. The Morgan fingerprint density at radius 2 is 0.933 bits per heavy atom. The number of hydrogen-bond donors (Lipinski definition) is 0. The van der Waals surface area contributed by atoms with E-state index in [2.05, 4.69) is 54.6 Å². The fourth-order valence-corrected chi connectivity index (χ4v) is 5.56. The highest BCUT2D eigenvalue weighted by atomic mass is 28.3. The van der Waals surface area contributed by atoms with Crippen LogP contribution in [0, 0.1) is 0 Å². The lowest BCUT2D eigenvalue weighted by molar-refractivity contribution is 1.15. The summed E-state index contributed by atoms with van der Waals surface area (Å²) in [5.74, 6) is 0. The third-order valence-electron chi connectivity index (χ3n) is 3.19. The van der Waals surface area contributed by atoms with Crippen molar-refractivity contribution in [3.8, 4) is 0 Å². The predicted octanol–water partition coefficient (Wildman–Crippen LogP) is 5.41. The molecule has 0 aromatic rings. The lowest BCUT2D eigenvalue weighted by atomic mass is 10.2. The van der Waals surface area contributed by atoms with Crippen LogP contribution in [-0.4, -0.2) is 8.07 Å². The van der Waals surface area contributed by atoms with Gasteiger partial charge >= 0.3 is 0 Å². The Kier molecular flexibility index (Phi) is 5.58. The van der Waals surface area contributed by atoms with E-state index in [4.69, 9.17) is 0 Å². The van der Waals surface area contributed by atoms with Crippen molar-refractivity contribution in [1.82, 2.24) is 0 Å². The van der Waals surface area contributed by atoms with Crippen LogP contribution in [0.2, 0.25) is 25.2 Å². The van der Waals surface area contributed by atoms with Crippen molar-refractivity contribution >= 4 is 8.07 Å². The van der Waals surface area contributed by atoms with Gasteiger partial charge in [-0.2, -0.15) is 0 Å².